The second-order valence-electron chi connectivity index (χ2n) is 6.17. The lowest BCUT2D eigenvalue weighted by Crippen LogP contribution is -2.31. The number of aryl methyl sites for hydroxylation is 2. The molecule has 0 bridgehead atoms. The number of rotatable bonds is 6. The number of amides is 1. The number of aliphatic hydroxyl groups is 1. The zero-order valence-corrected chi connectivity index (χ0v) is 14.7. The van der Waals surface area contributed by atoms with Gasteiger partial charge < -0.3 is 15.2 Å². The predicted molar refractivity (Wildman–Crippen MR) is 95.0 cm³/mol. The number of hydrogen-bond acceptors (Lipinski definition) is 3. The SMILES string of the molecule is Cc1ccc(C(C)NC(=O)COc2cccc(C(C)O)c2)cc1C. The number of benzene rings is 2. The smallest absolute Gasteiger partial charge is 0.258 e. The van der Waals surface area contributed by atoms with Crippen molar-refractivity contribution in [3.05, 3.63) is 64.7 Å². The molecule has 0 aliphatic rings. The molecule has 24 heavy (non-hydrogen) atoms. The van der Waals surface area contributed by atoms with E-state index >= 15 is 0 Å². The van der Waals surface area contributed by atoms with Gasteiger partial charge in [-0.3, -0.25) is 4.79 Å². The Labute approximate surface area is 143 Å². The quantitative estimate of drug-likeness (QED) is 0.852. The van der Waals surface area contributed by atoms with Crippen molar-refractivity contribution in [3.63, 3.8) is 0 Å². The second kappa shape index (κ2) is 7.97. The van der Waals surface area contributed by atoms with Crippen LogP contribution < -0.4 is 10.1 Å². The predicted octanol–water partition coefficient (Wildman–Crippen LogP) is 3.61. The highest BCUT2D eigenvalue weighted by Gasteiger charge is 2.11. The van der Waals surface area contributed by atoms with E-state index in [1.807, 2.05) is 19.1 Å². The van der Waals surface area contributed by atoms with Crippen LogP contribution in [0.1, 0.15) is 48.2 Å². The van der Waals surface area contributed by atoms with E-state index in [1.54, 1.807) is 25.1 Å². The normalized spacial score (nSPS) is 13.2. The van der Waals surface area contributed by atoms with Gasteiger partial charge in [0.1, 0.15) is 5.75 Å². The Morgan fingerprint density at radius 1 is 1.08 bits per heavy atom. The molecule has 4 nitrogen and oxygen atoms in total. The summed E-state index contributed by atoms with van der Waals surface area (Å²) in [4.78, 5) is 12.1. The van der Waals surface area contributed by atoms with Crippen molar-refractivity contribution in [1.82, 2.24) is 5.32 Å². The molecule has 1 amide bonds. The standard InChI is InChI=1S/C20H25NO3/c1-13-8-9-17(10-14(13)2)15(3)21-20(23)12-24-19-7-5-6-18(11-19)16(4)22/h5-11,15-16,22H,12H2,1-4H3,(H,21,23). The number of hydrogen-bond donors (Lipinski definition) is 2. The van der Waals surface area contributed by atoms with Gasteiger partial charge in [0.15, 0.2) is 6.61 Å². The van der Waals surface area contributed by atoms with Gasteiger partial charge in [-0.15, -0.1) is 0 Å². The molecule has 0 aromatic heterocycles. The molecule has 4 heteroatoms. The number of nitrogens with one attached hydrogen (secondary N) is 1. The maximum absolute atomic E-state index is 12.1. The van der Waals surface area contributed by atoms with Crippen LogP contribution in [0.2, 0.25) is 0 Å². The topological polar surface area (TPSA) is 58.6 Å². The highest BCUT2D eigenvalue weighted by molar-refractivity contribution is 5.78. The molecule has 128 valence electrons. The van der Waals surface area contributed by atoms with Crippen LogP contribution in [0.4, 0.5) is 0 Å². The van der Waals surface area contributed by atoms with E-state index in [4.69, 9.17) is 4.74 Å². The summed E-state index contributed by atoms with van der Waals surface area (Å²) in [6.07, 6.45) is -0.563. The minimum Gasteiger partial charge on any atom is -0.484 e. The number of aliphatic hydroxyl groups excluding tert-OH is 1. The lowest BCUT2D eigenvalue weighted by molar-refractivity contribution is -0.123. The van der Waals surface area contributed by atoms with Crippen molar-refractivity contribution in [3.8, 4) is 5.75 Å². The molecule has 0 radical (unpaired) electrons. The van der Waals surface area contributed by atoms with Gasteiger partial charge in [0, 0.05) is 0 Å². The monoisotopic (exact) mass is 327 g/mol. The summed E-state index contributed by atoms with van der Waals surface area (Å²) in [5, 5.41) is 12.5. The molecular formula is C20H25NO3. The maximum Gasteiger partial charge on any atom is 0.258 e. The molecule has 2 aromatic rings. The van der Waals surface area contributed by atoms with E-state index in [-0.39, 0.29) is 18.6 Å². The summed E-state index contributed by atoms with van der Waals surface area (Å²) in [5.41, 5.74) is 4.28. The molecule has 2 atom stereocenters. The third-order valence-electron chi connectivity index (χ3n) is 4.12. The number of carbonyl (C=O) groups is 1. The Morgan fingerprint density at radius 2 is 1.83 bits per heavy atom. The molecule has 0 aliphatic carbocycles. The fourth-order valence-corrected chi connectivity index (χ4v) is 2.41. The second-order valence-corrected chi connectivity index (χ2v) is 6.17. The summed E-state index contributed by atoms with van der Waals surface area (Å²) in [6, 6.07) is 13.2. The van der Waals surface area contributed by atoms with E-state index in [0.717, 1.165) is 11.1 Å². The van der Waals surface area contributed by atoms with E-state index in [0.29, 0.717) is 5.75 Å². The van der Waals surface area contributed by atoms with Gasteiger partial charge in [-0.1, -0.05) is 30.3 Å². The van der Waals surface area contributed by atoms with Crippen molar-refractivity contribution < 1.29 is 14.6 Å². The lowest BCUT2D eigenvalue weighted by Gasteiger charge is -2.16. The molecule has 2 unspecified atom stereocenters. The molecule has 0 aliphatic heterocycles. The first-order chi connectivity index (χ1) is 11.4. The Morgan fingerprint density at radius 3 is 2.50 bits per heavy atom. The van der Waals surface area contributed by atoms with Crippen LogP contribution in [-0.2, 0) is 4.79 Å². The molecule has 0 saturated heterocycles. The van der Waals surface area contributed by atoms with E-state index in [2.05, 4.69) is 31.3 Å². The van der Waals surface area contributed by atoms with Crippen LogP contribution in [0.15, 0.2) is 42.5 Å². The molecule has 2 aromatic carbocycles. The molecule has 0 saturated carbocycles. The number of carbonyl (C=O) groups excluding carboxylic acids is 1. The first-order valence-electron chi connectivity index (χ1n) is 8.14. The summed E-state index contributed by atoms with van der Waals surface area (Å²) in [6.45, 7) is 7.72. The van der Waals surface area contributed by atoms with Crippen molar-refractivity contribution in [2.24, 2.45) is 0 Å². The maximum atomic E-state index is 12.1. The summed E-state index contributed by atoms with van der Waals surface area (Å²) in [5.74, 6) is 0.394. The van der Waals surface area contributed by atoms with Gasteiger partial charge in [-0.2, -0.15) is 0 Å². The third-order valence-corrected chi connectivity index (χ3v) is 4.12. The van der Waals surface area contributed by atoms with Crippen LogP contribution in [0.5, 0.6) is 5.75 Å². The molecule has 0 fully saturated rings. The van der Waals surface area contributed by atoms with Crippen LogP contribution in [0.25, 0.3) is 0 Å². The largest absolute Gasteiger partial charge is 0.484 e. The first kappa shape index (κ1) is 18.0. The minimum absolute atomic E-state index is 0.0571. The molecule has 2 rings (SSSR count). The van der Waals surface area contributed by atoms with Gasteiger partial charge in [0.05, 0.1) is 12.1 Å². The highest BCUT2D eigenvalue weighted by Crippen LogP contribution is 2.19. The van der Waals surface area contributed by atoms with Crippen LogP contribution >= 0.6 is 0 Å². The van der Waals surface area contributed by atoms with Crippen molar-refractivity contribution in [1.29, 1.82) is 0 Å². The summed E-state index contributed by atoms with van der Waals surface area (Å²) >= 11 is 0. The lowest BCUT2D eigenvalue weighted by atomic mass is 10.0. The Kier molecular flexibility index (Phi) is 5.99. The molecular weight excluding hydrogens is 302 g/mol. The van der Waals surface area contributed by atoms with Crippen LogP contribution in [0.3, 0.4) is 0 Å². The highest BCUT2D eigenvalue weighted by atomic mass is 16.5. The molecule has 2 N–H and O–H groups in total. The Bertz CT molecular complexity index is 710. The number of ether oxygens (including phenoxy) is 1. The van der Waals surface area contributed by atoms with E-state index in [9.17, 15) is 9.90 Å². The first-order valence-corrected chi connectivity index (χ1v) is 8.14. The van der Waals surface area contributed by atoms with Crippen LogP contribution in [-0.4, -0.2) is 17.6 Å². The zero-order valence-electron chi connectivity index (χ0n) is 14.7. The molecule has 0 spiro atoms. The Hall–Kier alpha value is -2.33. The minimum atomic E-state index is -0.563. The average Bonchev–Trinajstić information content (AvgIpc) is 2.55. The molecule has 0 heterocycles. The van der Waals surface area contributed by atoms with Crippen LogP contribution in [0, 0.1) is 13.8 Å². The van der Waals surface area contributed by atoms with Crippen molar-refractivity contribution >= 4 is 5.91 Å². The summed E-state index contributed by atoms with van der Waals surface area (Å²) in [7, 11) is 0. The van der Waals surface area contributed by atoms with Crippen molar-refractivity contribution in [2.45, 2.75) is 39.8 Å². The van der Waals surface area contributed by atoms with Gasteiger partial charge in [-0.05, 0) is 62.1 Å². The summed E-state index contributed by atoms with van der Waals surface area (Å²) < 4.78 is 5.52. The zero-order chi connectivity index (χ0) is 17.7. The fourth-order valence-electron chi connectivity index (χ4n) is 2.41. The van der Waals surface area contributed by atoms with E-state index in [1.165, 1.54) is 11.1 Å². The van der Waals surface area contributed by atoms with Gasteiger partial charge in [0.2, 0.25) is 0 Å². The van der Waals surface area contributed by atoms with Gasteiger partial charge in [-0.25, -0.2) is 0 Å². The van der Waals surface area contributed by atoms with Gasteiger partial charge >= 0.3 is 0 Å². The van der Waals surface area contributed by atoms with E-state index < -0.39 is 6.10 Å². The van der Waals surface area contributed by atoms with Crippen molar-refractivity contribution in [2.75, 3.05) is 6.61 Å². The fraction of sp³-hybridized carbons (Fsp3) is 0.350. The van der Waals surface area contributed by atoms with Gasteiger partial charge in [0.25, 0.3) is 5.91 Å². The Balaban J connectivity index is 1.91. The third kappa shape index (κ3) is 4.83. The average molecular weight is 327 g/mol.